The molecule has 0 aliphatic heterocycles. The van der Waals surface area contributed by atoms with Gasteiger partial charge in [0.15, 0.2) is 11.6 Å². The van der Waals surface area contributed by atoms with Crippen LogP contribution in [0.5, 0.6) is 0 Å². The zero-order chi connectivity index (χ0) is 19.5. The Balaban J connectivity index is 2.08. The molecular weight excluding hydrogens is 362 g/mol. The average molecular weight is 382 g/mol. The standard InChI is InChI=1S/C18H20F2N2O3S/c1-18(2,3)11-17(23)21-12-4-6-13(7-5-12)22-26(24,25)14-8-9-15(19)16(20)10-14/h4-10,22H,11H2,1-3H3,(H,21,23). The minimum Gasteiger partial charge on any atom is -0.326 e. The van der Waals surface area contributed by atoms with E-state index < -0.39 is 21.7 Å². The van der Waals surface area contributed by atoms with Gasteiger partial charge in [0, 0.05) is 17.8 Å². The Bertz CT molecular complexity index is 905. The van der Waals surface area contributed by atoms with Gasteiger partial charge in [0.25, 0.3) is 10.0 Å². The number of sulfonamides is 1. The van der Waals surface area contributed by atoms with Crippen LogP contribution in [0.3, 0.4) is 0 Å². The van der Waals surface area contributed by atoms with Crippen molar-refractivity contribution in [3.63, 3.8) is 0 Å². The van der Waals surface area contributed by atoms with Crippen molar-refractivity contribution in [2.75, 3.05) is 10.0 Å². The lowest BCUT2D eigenvalue weighted by Crippen LogP contribution is -2.19. The van der Waals surface area contributed by atoms with Crippen molar-refractivity contribution < 1.29 is 22.0 Å². The molecule has 0 saturated heterocycles. The summed E-state index contributed by atoms with van der Waals surface area (Å²) in [6, 6.07) is 8.35. The molecule has 0 aliphatic rings. The third-order valence-corrected chi connectivity index (χ3v) is 4.69. The summed E-state index contributed by atoms with van der Waals surface area (Å²) in [5, 5.41) is 2.73. The summed E-state index contributed by atoms with van der Waals surface area (Å²) in [5.74, 6) is -2.52. The van der Waals surface area contributed by atoms with Crippen LogP contribution in [0.15, 0.2) is 47.4 Å². The molecule has 0 saturated carbocycles. The number of carbonyl (C=O) groups is 1. The number of hydrogen-bond donors (Lipinski definition) is 2. The third-order valence-electron chi connectivity index (χ3n) is 3.31. The van der Waals surface area contributed by atoms with Gasteiger partial charge in [-0.1, -0.05) is 20.8 Å². The first-order valence-electron chi connectivity index (χ1n) is 7.84. The van der Waals surface area contributed by atoms with Gasteiger partial charge in [-0.25, -0.2) is 17.2 Å². The molecule has 8 heteroatoms. The summed E-state index contributed by atoms with van der Waals surface area (Å²) in [4.78, 5) is 11.5. The molecule has 26 heavy (non-hydrogen) atoms. The molecule has 0 atom stereocenters. The van der Waals surface area contributed by atoms with Crippen molar-refractivity contribution in [2.24, 2.45) is 5.41 Å². The van der Waals surface area contributed by atoms with Crippen LogP contribution >= 0.6 is 0 Å². The first-order chi connectivity index (χ1) is 12.0. The molecule has 0 heterocycles. The fraction of sp³-hybridized carbons (Fsp3) is 0.278. The number of rotatable bonds is 5. The fourth-order valence-electron chi connectivity index (χ4n) is 2.17. The second-order valence-corrected chi connectivity index (χ2v) is 8.73. The van der Waals surface area contributed by atoms with Gasteiger partial charge < -0.3 is 5.32 Å². The normalized spacial score (nSPS) is 11.9. The summed E-state index contributed by atoms with van der Waals surface area (Å²) in [6.07, 6.45) is 0.345. The summed E-state index contributed by atoms with van der Waals surface area (Å²) < 4.78 is 52.9. The van der Waals surface area contributed by atoms with Crippen molar-refractivity contribution in [1.82, 2.24) is 0 Å². The van der Waals surface area contributed by atoms with Crippen molar-refractivity contribution >= 4 is 27.3 Å². The van der Waals surface area contributed by atoms with Gasteiger partial charge in [0.1, 0.15) is 0 Å². The SMILES string of the molecule is CC(C)(C)CC(=O)Nc1ccc(NS(=O)(=O)c2ccc(F)c(F)c2)cc1. The van der Waals surface area contributed by atoms with E-state index in [0.717, 1.165) is 12.1 Å². The molecule has 5 nitrogen and oxygen atoms in total. The predicted octanol–water partition coefficient (Wildman–Crippen LogP) is 4.14. The van der Waals surface area contributed by atoms with Crippen molar-refractivity contribution in [3.05, 3.63) is 54.1 Å². The minimum atomic E-state index is -4.06. The number of amides is 1. The molecule has 2 rings (SSSR count). The number of hydrogen-bond acceptors (Lipinski definition) is 3. The Labute approximate surface area is 151 Å². The Morgan fingerprint density at radius 3 is 2.08 bits per heavy atom. The van der Waals surface area contributed by atoms with E-state index in [1.165, 1.54) is 12.1 Å². The highest BCUT2D eigenvalue weighted by atomic mass is 32.2. The van der Waals surface area contributed by atoms with E-state index in [1.807, 2.05) is 20.8 Å². The number of benzene rings is 2. The van der Waals surface area contributed by atoms with Crippen LogP contribution in [-0.2, 0) is 14.8 Å². The molecular formula is C18H20F2N2O3S. The maximum atomic E-state index is 13.2. The highest BCUT2D eigenvalue weighted by Crippen LogP contribution is 2.22. The van der Waals surface area contributed by atoms with E-state index in [4.69, 9.17) is 0 Å². The van der Waals surface area contributed by atoms with Crippen LogP contribution in [-0.4, -0.2) is 14.3 Å². The van der Waals surface area contributed by atoms with Gasteiger partial charge in [0.2, 0.25) is 5.91 Å². The van der Waals surface area contributed by atoms with Gasteiger partial charge in [-0.2, -0.15) is 0 Å². The number of nitrogens with one attached hydrogen (secondary N) is 2. The smallest absolute Gasteiger partial charge is 0.261 e. The van der Waals surface area contributed by atoms with Crippen LogP contribution in [0, 0.1) is 17.0 Å². The Hall–Kier alpha value is -2.48. The third kappa shape index (κ3) is 5.52. The number of carbonyl (C=O) groups excluding carboxylic acids is 1. The van der Waals surface area contributed by atoms with Gasteiger partial charge >= 0.3 is 0 Å². The average Bonchev–Trinajstić information content (AvgIpc) is 2.49. The van der Waals surface area contributed by atoms with Crippen molar-refractivity contribution in [2.45, 2.75) is 32.1 Å². The van der Waals surface area contributed by atoms with Gasteiger partial charge in [0.05, 0.1) is 4.90 Å². The van der Waals surface area contributed by atoms with Crippen LogP contribution in [0.4, 0.5) is 20.2 Å². The molecule has 0 aromatic heterocycles. The van der Waals surface area contributed by atoms with Crippen LogP contribution in [0.25, 0.3) is 0 Å². The Morgan fingerprint density at radius 2 is 1.54 bits per heavy atom. The van der Waals surface area contributed by atoms with E-state index in [1.54, 1.807) is 12.1 Å². The molecule has 0 fully saturated rings. The molecule has 0 radical (unpaired) electrons. The molecule has 0 spiro atoms. The second-order valence-electron chi connectivity index (χ2n) is 7.04. The summed E-state index contributed by atoms with van der Waals surface area (Å²) in [5.41, 5.74) is 0.600. The zero-order valence-electron chi connectivity index (χ0n) is 14.6. The molecule has 0 aliphatic carbocycles. The van der Waals surface area contributed by atoms with Gasteiger partial charge in [-0.3, -0.25) is 9.52 Å². The summed E-state index contributed by atoms with van der Waals surface area (Å²) in [7, 11) is -4.06. The zero-order valence-corrected chi connectivity index (χ0v) is 15.5. The minimum absolute atomic E-state index is 0.146. The van der Waals surface area contributed by atoms with Crippen LogP contribution < -0.4 is 10.0 Å². The van der Waals surface area contributed by atoms with E-state index >= 15 is 0 Å². The molecule has 2 aromatic carbocycles. The molecule has 1 amide bonds. The van der Waals surface area contributed by atoms with Crippen molar-refractivity contribution in [3.8, 4) is 0 Å². The monoisotopic (exact) mass is 382 g/mol. The van der Waals surface area contributed by atoms with E-state index in [0.29, 0.717) is 18.2 Å². The van der Waals surface area contributed by atoms with Crippen LogP contribution in [0.1, 0.15) is 27.2 Å². The molecule has 0 bridgehead atoms. The highest BCUT2D eigenvalue weighted by Gasteiger charge is 2.18. The van der Waals surface area contributed by atoms with E-state index in [2.05, 4.69) is 10.0 Å². The Kier molecular flexibility index (Phi) is 5.65. The molecule has 2 aromatic rings. The fourth-order valence-corrected chi connectivity index (χ4v) is 3.24. The lowest BCUT2D eigenvalue weighted by atomic mass is 9.92. The highest BCUT2D eigenvalue weighted by molar-refractivity contribution is 7.92. The van der Waals surface area contributed by atoms with Gasteiger partial charge in [-0.05, 0) is 47.9 Å². The van der Waals surface area contributed by atoms with Gasteiger partial charge in [-0.15, -0.1) is 0 Å². The Morgan fingerprint density at radius 1 is 0.962 bits per heavy atom. The summed E-state index contributed by atoms with van der Waals surface area (Å²) >= 11 is 0. The largest absolute Gasteiger partial charge is 0.326 e. The topological polar surface area (TPSA) is 75.3 Å². The van der Waals surface area contributed by atoms with Crippen LogP contribution in [0.2, 0.25) is 0 Å². The second kappa shape index (κ2) is 7.41. The number of anilines is 2. The molecule has 2 N–H and O–H groups in total. The quantitative estimate of drug-likeness (QED) is 0.816. The number of halogens is 2. The maximum absolute atomic E-state index is 13.2. The predicted molar refractivity (Wildman–Crippen MR) is 96.3 cm³/mol. The van der Waals surface area contributed by atoms with Crippen molar-refractivity contribution in [1.29, 1.82) is 0 Å². The first kappa shape index (κ1) is 19.8. The van der Waals surface area contributed by atoms with E-state index in [-0.39, 0.29) is 21.9 Å². The molecule has 140 valence electrons. The lowest BCUT2D eigenvalue weighted by Gasteiger charge is -2.17. The lowest BCUT2D eigenvalue weighted by molar-refractivity contribution is -0.117. The molecule has 0 unspecified atom stereocenters. The summed E-state index contributed by atoms with van der Waals surface area (Å²) in [6.45, 7) is 5.84. The first-order valence-corrected chi connectivity index (χ1v) is 9.32. The maximum Gasteiger partial charge on any atom is 0.261 e. The van der Waals surface area contributed by atoms with E-state index in [9.17, 15) is 22.0 Å².